The minimum absolute atomic E-state index is 0.699. The summed E-state index contributed by atoms with van der Waals surface area (Å²) in [6.45, 7) is 0. The molecule has 4 nitrogen and oxygen atoms in total. The zero-order valence-corrected chi connectivity index (χ0v) is 3.01. The van der Waals surface area contributed by atoms with E-state index >= 15 is 0 Å². The van der Waals surface area contributed by atoms with Gasteiger partial charge in [-0.15, -0.1) is 4.91 Å². The molecule has 0 atom stereocenters. The molecule has 0 saturated heterocycles. The number of hydrogen-bond acceptors (Lipinski definition) is 4. The summed E-state index contributed by atoms with van der Waals surface area (Å²) >= 11 is -0.699. The predicted octanol–water partition coefficient (Wildman–Crippen LogP) is -0.455. The standard InChI is InChI=1S/HNO3S/c2-1-4-5-3/h5H. The fourth-order valence-corrected chi connectivity index (χ4v) is 0.0408. The summed E-state index contributed by atoms with van der Waals surface area (Å²) in [6, 6.07) is 0. The minimum Gasteiger partial charge on any atom is -0.260 e. The molecule has 0 fully saturated rings. The second-order valence-corrected chi connectivity index (χ2v) is 0.543. The third kappa shape index (κ3) is 3.55. The fraction of sp³-hybridized carbons (Fsp3) is 0. The predicted molar refractivity (Wildman–Crippen MR) is 16.4 cm³/mol. The molecule has 0 aromatic rings. The first-order valence-electron chi connectivity index (χ1n) is 0.730. The highest BCUT2D eigenvalue weighted by Crippen LogP contribution is 1.60. The quantitative estimate of drug-likeness (QED) is 0.287. The van der Waals surface area contributed by atoms with Crippen molar-refractivity contribution < 1.29 is 8.49 Å². The number of thiol groups is 1. The zero-order valence-electron chi connectivity index (χ0n) is 2.12. The van der Waals surface area contributed by atoms with Crippen LogP contribution in [0.4, 0.5) is 0 Å². The molecule has 30 valence electrons. The van der Waals surface area contributed by atoms with Crippen LogP contribution in [0, 0.1) is 4.91 Å². The van der Waals surface area contributed by atoms with E-state index in [4.69, 9.17) is 9.12 Å². The average Bonchev–Trinajstić information content (AvgIpc) is 1.41. The summed E-state index contributed by atoms with van der Waals surface area (Å²) in [5.41, 5.74) is 0. The van der Waals surface area contributed by atoms with Gasteiger partial charge >= 0.3 is 0 Å². The molecule has 0 heterocycles. The van der Waals surface area contributed by atoms with Crippen molar-refractivity contribution in [3.8, 4) is 0 Å². The molecule has 0 radical (unpaired) electrons. The van der Waals surface area contributed by atoms with E-state index in [2.05, 4.69) is 4.28 Å². The Morgan fingerprint density at radius 2 is 2.40 bits per heavy atom. The van der Waals surface area contributed by atoms with Gasteiger partial charge < -0.3 is 0 Å². The third-order valence-corrected chi connectivity index (χ3v) is 0.200. The molecule has 0 aromatic heterocycles. The molecule has 0 aromatic carbocycles. The van der Waals surface area contributed by atoms with Gasteiger partial charge in [0.15, 0.2) is 5.34 Å². The maximum absolute atomic E-state index is 8.99. The summed E-state index contributed by atoms with van der Waals surface area (Å²) in [7, 11) is 0. The Morgan fingerprint density at radius 3 is 2.40 bits per heavy atom. The van der Waals surface area contributed by atoms with Gasteiger partial charge in [-0.05, 0) is 0 Å². The summed E-state index contributed by atoms with van der Waals surface area (Å²) in [4.78, 5) is 8.73. The Morgan fingerprint density at radius 1 is 1.80 bits per heavy atom. The van der Waals surface area contributed by atoms with Crippen molar-refractivity contribution in [1.82, 2.24) is 0 Å². The first kappa shape index (κ1) is 4.55. The van der Waals surface area contributed by atoms with E-state index in [9.17, 15) is 0 Å². The summed E-state index contributed by atoms with van der Waals surface area (Å²) in [6.07, 6.45) is 0. The highest BCUT2D eigenvalue weighted by atomic mass is 32.2. The van der Waals surface area contributed by atoms with Crippen LogP contribution in [0.2, 0.25) is 0 Å². The highest BCUT2D eigenvalue weighted by molar-refractivity contribution is 7.60. The van der Waals surface area contributed by atoms with Gasteiger partial charge in [0.1, 0.15) is 0 Å². The molecule has 0 bridgehead atoms. The van der Waals surface area contributed by atoms with Gasteiger partial charge in [0, 0.05) is 0 Å². The van der Waals surface area contributed by atoms with Gasteiger partial charge in [-0.25, -0.2) is 4.21 Å². The number of hydrogen-bond donors (Lipinski definition) is 1. The smallest absolute Gasteiger partial charge is 0.223 e. The second-order valence-electron chi connectivity index (χ2n) is 0.231. The maximum Gasteiger partial charge on any atom is 0.223 e. The Balaban J connectivity index is 2.65. The van der Waals surface area contributed by atoms with Gasteiger partial charge in [0.25, 0.3) is 0 Å². The van der Waals surface area contributed by atoms with Crippen molar-refractivity contribution in [2.24, 2.45) is 5.34 Å². The van der Waals surface area contributed by atoms with Gasteiger partial charge in [-0.3, -0.25) is 4.28 Å². The van der Waals surface area contributed by atoms with E-state index in [1.807, 2.05) is 0 Å². The maximum atomic E-state index is 8.99. The lowest BCUT2D eigenvalue weighted by Gasteiger charge is -1.62. The zero-order chi connectivity index (χ0) is 4.12. The van der Waals surface area contributed by atoms with Crippen molar-refractivity contribution in [1.29, 1.82) is 0 Å². The molecule has 0 aliphatic rings. The van der Waals surface area contributed by atoms with E-state index in [-0.39, 0.29) is 0 Å². The Bertz CT molecular complexity index is 36.2. The molecule has 0 amide bonds. The highest BCUT2D eigenvalue weighted by Gasteiger charge is 1.58. The third-order valence-electron chi connectivity index (χ3n) is 0.0667. The first-order valence-corrected chi connectivity index (χ1v) is 1.46. The van der Waals surface area contributed by atoms with Crippen molar-refractivity contribution in [3.63, 3.8) is 0 Å². The van der Waals surface area contributed by atoms with Gasteiger partial charge in [-0.2, -0.15) is 0 Å². The van der Waals surface area contributed by atoms with Crippen molar-refractivity contribution in [2.75, 3.05) is 0 Å². The van der Waals surface area contributed by atoms with Crippen LogP contribution in [0.25, 0.3) is 0 Å². The summed E-state index contributed by atoms with van der Waals surface area (Å²) in [5, 5.41) is 1.78. The molecule has 5 heavy (non-hydrogen) atoms. The molecule has 0 rings (SSSR count). The lowest BCUT2D eigenvalue weighted by molar-refractivity contribution is 0.380. The second kappa shape index (κ2) is 3.55. The molecule has 0 unspecified atom stereocenters. The fourth-order valence-electron chi connectivity index (χ4n) is 0.0136. The molecule has 5 heteroatoms. The molecule has 0 aliphatic carbocycles. The van der Waals surface area contributed by atoms with Crippen LogP contribution in [0.5, 0.6) is 0 Å². The van der Waals surface area contributed by atoms with Crippen LogP contribution in [-0.2, 0) is 16.2 Å². The normalized spacial score (nSPS) is 6.40. The summed E-state index contributed by atoms with van der Waals surface area (Å²) < 4.78 is 12.3. The van der Waals surface area contributed by atoms with Gasteiger partial charge in [0.2, 0.25) is 11.9 Å². The van der Waals surface area contributed by atoms with Crippen LogP contribution < -0.4 is 0 Å². The minimum atomic E-state index is -0.699. The SMILES string of the molecule is O=NO[SH]=O. The van der Waals surface area contributed by atoms with E-state index in [0.29, 0.717) is 0 Å². The lowest BCUT2D eigenvalue weighted by Crippen LogP contribution is -1.59. The Kier molecular flexibility index (Phi) is 3.23. The van der Waals surface area contributed by atoms with Crippen LogP contribution in [0.3, 0.4) is 0 Å². The monoisotopic (exact) mass is 95.0 g/mol. The summed E-state index contributed by atoms with van der Waals surface area (Å²) in [5.74, 6) is 0. The Hall–Kier alpha value is -0.450. The molecule has 0 N–H and O–H groups in total. The van der Waals surface area contributed by atoms with Crippen molar-refractivity contribution in [3.05, 3.63) is 4.91 Å². The molecular formula is HNO3S. The van der Waals surface area contributed by atoms with Crippen molar-refractivity contribution >= 4 is 11.9 Å². The molecule has 0 saturated carbocycles. The van der Waals surface area contributed by atoms with Crippen LogP contribution in [0.15, 0.2) is 5.34 Å². The van der Waals surface area contributed by atoms with E-state index in [1.165, 1.54) is 0 Å². The number of nitrogens with zero attached hydrogens (tertiary/aromatic N) is 1. The van der Waals surface area contributed by atoms with E-state index < -0.39 is 11.9 Å². The Labute approximate surface area is 31.8 Å². The van der Waals surface area contributed by atoms with Crippen LogP contribution in [-0.4, -0.2) is 4.21 Å². The lowest BCUT2D eigenvalue weighted by atomic mass is 13.4. The molecule has 0 spiro atoms. The van der Waals surface area contributed by atoms with Gasteiger partial charge in [-0.1, -0.05) is 0 Å². The number of rotatable bonds is 2. The average molecular weight is 95.1 g/mol. The van der Waals surface area contributed by atoms with Gasteiger partial charge in [0.05, 0.1) is 0 Å². The van der Waals surface area contributed by atoms with Crippen molar-refractivity contribution in [2.45, 2.75) is 0 Å². The topological polar surface area (TPSA) is 55.7 Å². The molecular weight excluding hydrogens is 94.1 g/mol. The van der Waals surface area contributed by atoms with Crippen LogP contribution >= 0.6 is 0 Å². The van der Waals surface area contributed by atoms with Crippen LogP contribution in [0.1, 0.15) is 0 Å². The first-order chi connectivity index (χ1) is 2.41. The molecule has 0 aliphatic heterocycles. The van der Waals surface area contributed by atoms with E-state index in [1.54, 1.807) is 5.34 Å². The van der Waals surface area contributed by atoms with E-state index in [0.717, 1.165) is 0 Å². The largest absolute Gasteiger partial charge is 0.260 e.